The SMILES string of the molecule is CCNC(CCOCC(F)(F)F)C1=CCCCC1. The molecule has 1 aliphatic carbocycles. The van der Waals surface area contributed by atoms with E-state index in [2.05, 4.69) is 16.1 Å². The summed E-state index contributed by atoms with van der Waals surface area (Å²) in [7, 11) is 0. The van der Waals surface area contributed by atoms with Crippen molar-refractivity contribution in [3.63, 3.8) is 0 Å². The number of allylic oxidation sites excluding steroid dienone is 1. The standard InChI is InChI=1S/C13H22F3NO/c1-2-17-12(11-6-4-3-5-7-11)8-9-18-10-13(14,15)16/h6,12,17H,2-5,7-10H2,1H3. The molecule has 5 heteroatoms. The van der Waals surface area contributed by atoms with Crippen LogP contribution in [0.5, 0.6) is 0 Å². The first-order chi connectivity index (χ1) is 8.53. The molecular formula is C13H22F3NO. The van der Waals surface area contributed by atoms with Crippen molar-refractivity contribution in [2.45, 2.75) is 51.2 Å². The van der Waals surface area contributed by atoms with Gasteiger partial charge in [0, 0.05) is 12.6 Å². The highest BCUT2D eigenvalue weighted by Crippen LogP contribution is 2.22. The van der Waals surface area contributed by atoms with Crippen molar-refractivity contribution < 1.29 is 17.9 Å². The number of halogens is 3. The number of alkyl halides is 3. The van der Waals surface area contributed by atoms with Crippen LogP contribution in [-0.4, -0.2) is 32.0 Å². The van der Waals surface area contributed by atoms with Gasteiger partial charge in [-0.3, -0.25) is 0 Å². The minimum atomic E-state index is -4.22. The molecule has 18 heavy (non-hydrogen) atoms. The summed E-state index contributed by atoms with van der Waals surface area (Å²) in [6.45, 7) is 1.83. The number of nitrogens with one attached hydrogen (secondary N) is 1. The van der Waals surface area contributed by atoms with Crippen LogP contribution in [0, 0.1) is 0 Å². The van der Waals surface area contributed by atoms with E-state index in [1.165, 1.54) is 18.4 Å². The Morgan fingerprint density at radius 2 is 2.17 bits per heavy atom. The van der Waals surface area contributed by atoms with Crippen LogP contribution in [0.2, 0.25) is 0 Å². The smallest absolute Gasteiger partial charge is 0.372 e. The maximum Gasteiger partial charge on any atom is 0.411 e. The van der Waals surface area contributed by atoms with Gasteiger partial charge >= 0.3 is 6.18 Å². The molecule has 0 aromatic heterocycles. The molecule has 1 rings (SSSR count). The highest BCUT2D eigenvalue weighted by atomic mass is 19.4. The largest absolute Gasteiger partial charge is 0.411 e. The zero-order chi connectivity index (χ0) is 13.4. The van der Waals surface area contributed by atoms with Crippen LogP contribution in [0.1, 0.15) is 39.0 Å². The summed E-state index contributed by atoms with van der Waals surface area (Å²) in [5, 5.41) is 3.32. The maximum absolute atomic E-state index is 11.9. The summed E-state index contributed by atoms with van der Waals surface area (Å²) < 4.78 is 40.5. The molecule has 0 radical (unpaired) electrons. The van der Waals surface area contributed by atoms with Crippen molar-refractivity contribution in [3.8, 4) is 0 Å². The van der Waals surface area contributed by atoms with Crippen LogP contribution < -0.4 is 5.32 Å². The first-order valence-corrected chi connectivity index (χ1v) is 6.59. The van der Waals surface area contributed by atoms with E-state index in [-0.39, 0.29) is 12.6 Å². The summed E-state index contributed by atoms with van der Waals surface area (Å²) in [5.74, 6) is 0. The Labute approximate surface area is 107 Å². The Morgan fingerprint density at radius 3 is 2.72 bits per heavy atom. The number of rotatable bonds is 7. The van der Waals surface area contributed by atoms with Gasteiger partial charge in [0.1, 0.15) is 6.61 Å². The molecule has 0 bridgehead atoms. The molecule has 0 amide bonds. The number of ether oxygens (including phenoxy) is 1. The minimum Gasteiger partial charge on any atom is -0.372 e. The van der Waals surface area contributed by atoms with Gasteiger partial charge in [-0.1, -0.05) is 18.6 Å². The fraction of sp³-hybridized carbons (Fsp3) is 0.846. The van der Waals surface area contributed by atoms with E-state index in [4.69, 9.17) is 0 Å². The average Bonchev–Trinajstić information content (AvgIpc) is 2.33. The normalized spacial score (nSPS) is 18.6. The Morgan fingerprint density at radius 1 is 1.39 bits per heavy atom. The highest BCUT2D eigenvalue weighted by Gasteiger charge is 2.27. The van der Waals surface area contributed by atoms with Crippen molar-refractivity contribution >= 4 is 0 Å². The van der Waals surface area contributed by atoms with Crippen LogP contribution in [0.15, 0.2) is 11.6 Å². The van der Waals surface area contributed by atoms with Crippen molar-refractivity contribution in [2.75, 3.05) is 19.8 Å². The van der Waals surface area contributed by atoms with Gasteiger partial charge in [0.15, 0.2) is 0 Å². The Hall–Kier alpha value is -0.550. The predicted octanol–water partition coefficient (Wildman–Crippen LogP) is 3.43. The van der Waals surface area contributed by atoms with Gasteiger partial charge in [-0.25, -0.2) is 0 Å². The van der Waals surface area contributed by atoms with Crippen LogP contribution in [0.3, 0.4) is 0 Å². The zero-order valence-corrected chi connectivity index (χ0v) is 10.9. The first-order valence-electron chi connectivity index (χ1n) is 6.59. The number of hydrogen-bond acceptors (Lipinski definition) is 2. The molecule has 0 heterocycles. The second kappa shape index (κ2) is 7.79. The van der Waals surface area contributed by atoms with Gasteiger partial charge in [0.25, 0.3) is 0 Å². The zero-order valence-electron chi connectivity index (χ0n) is 10.9. The third-order valence-corrected chi connectivity index (χ3v) is 3.04. The molecule has 1 atom stereocenters. The number of hydrogen-bond donors (Lipinski definition) is 1. The van der Waals surface area contributed by atoms with E-state index in [0.717, 1.165) is 19.4 Å². The Balaban J connectivity index is 2.31. The van der Waals surface area contributed by atoms with Crippen molar-refractivity contribution in [2.24, 2.45) is 0 Å². The summed E-state index contributed by atoms with van der Waals surface area (Å²) in [4.78, 5) is 0. The lowest BCUT2D eigenvalue weighted by Gasteiger charge is -2.24. The van der Waals surface area contributed by atoms with Crippen LogP contribution in [0.4, 0.5) is 13.2 Å². The molecule has 106 valence electrons. The third kappa shape index (κ3) is 6.40. The fourth-order valence-electron chi connectivity index (χ4n) is 2.23. The third-order valence-electron chi connectivity index (χ3n) is 3.04. The maximum atomic E-state index is 11.9. The average molecular weight is 265 g/mol. The van der Waals surface area contributed by atoms with Gasteiger partial charge in [0.2, 0.25) is 0 Å². The molecule has 0 aromatic rings. The lowest BCUT2D eigenvalue weighted by Crippen LogP contribution is -2.33. The van der Waals surface area contributed by atoms with Crippen molar-refractivity contribution in [1.82, 2.24) is 5.32 Å². The second-order valence-corrected chi connectivity index (χ2v) is 4.59. The molecule has 1 unspecified atom stereocenters. The fourth-order valence-corrected chi connectivity index (χ4v) is 2.23. The van der Waals surface area contributed by atoms with E-state index in [1.54, 1.807) is 0 Å². The molecule has 0 saturated carbocycles. The molecule has 0 saturated heterocycles. The van der Waals surface area contributed by atoms with Gasteiger partial charge in [0.05, 0.1) is 0 Å². The highest BCUT2D eigenvalue weighted by molar-refractivity contribution is 5.13. The summed E-state index contributed by atoms with van der Waals surface area (Å²) in [5.41, 5.74) is 1.33. The van der Waals surface area contributed by atoms with Gasteiger partial charge in [-0.15, -0.1) is 0 Å². The first kappa shape index (κ1) is 15.5. The monoisotopic (exact) mass is 265 g/mol. The molecule has 0 fully saturated rings. The molecule has 0 aromatic carbocycles. The Bertz CT molecular complexity index is 263. The van der Waals surface area contributed by atoms with Crippen molar-refractivity contribution in [3.05, 3.63) is 11.6 Å². The molecule has 0 spiro atoms. The van der Waals surface area contributed by atoms with E-state index < -0.39 is 12.8 Å². The quantitative estimate of drug-likeness (QED) is 0.562. The lowest BCUT2D eigenvalue weighted by atomic mass is 9.92. The molecule has 2 nitrogen and oxygen atoms in total. The lowest BCUT2D eigenvalue weighted by molar-refractivity contribution is -0.174. The van der Waals surface area contributed by atoms with E-state index in [0.29, 0.717) is 6.42 Å². The minimum absolute atomic E-state index is 0.147. The summed E-state index contributed by atoms with van der Waals surface area (Å²) in [6, 6.07) is 0.170. The van der Waals surface area contributed by atoms with E-state index >= 15 is 0 Å². The van der Waals surface area contributed by atoms with Crippen molar-refractivity contribution in [1.29, 1.82) is 0 Å². The predicted molar refractivity (Wildman–Crippen MR) is 65.5 cm³/mol. The molecule has 0 aliphatic heterocycles. The van der Waals surface area contributed by atoms with Gasteiger partial charge in [-0.05, 0) is 38.6 Å². The summed E-state index contributed by atoms with van der Waals surface area (Å²) in [6.07, 6.45) is 3.13. The summed E-state index contributed by atoms with van der Waals surface area (Å²) >= 11 is 0. The molecule has 1 aliphatic rings. The number of likely N-dealkylation sites (N-methyl/N-ethyl adjacent to an activating group) is 1. The van der Waals surface area contributed by atoms with E-state index in [9.17, 15) is 13.2 Å². The molecular weight excluding hydrogens is 243 g/mol. The van der Waals surface area contributed by atoms with Crippen LogP contribution in [-0.2, 0) is 4.74 Å². The van der Waals surface area contributed by atoms with Gasteiger partial charge < -0.3 is 10.1 Å². The van der Waals surface area contributed by atoms with Crippen LogP contribution in [0.25, 0.3) is 0 Å². The van der Waals surface area contributed by atoms with Gasteiger partial charge in [-0.2, -0.15) is 13.2 Å². The second-order valence-electron chi connectivity index (χ2n) is 4.59. The van der Waals surface area contributed by atoms with Crippen LogP contribution >= 0.6 is 0 Å². The Kier molecular flexibility index (Phi) is 6.71. The topological polar surface area (TPSA) is 21.3 Å². The molecule has 1 N–H and O–H groups in total. The van der Waals surface area contributed by atoms with E-state index in [1.807, 2.05) is 6.92 Å².